The van der Waals surface area contributed by atoms with Crippen molar-refractivity contribution >= 4 is 0 Å². The molecule has 0 radical (unpaired) electrons. The second kappa shape index (κ2) is 6.58. The fraction of sp³-hybridized carbons (Fsp3) is 0.583. The summed E-state index contributed by atoms with van der Waals surface area (Å²) in [6.45, 7) is 3.52. The van der Waals surface area contributed by atoms with Crippen molar-refractivity contribution in [3.8, 4) is 0 Å². The van der Waals surface area contributed by atoms with E-state index in [1.807, 2.05) is 32.2 Å². The van der Waals surface area contributed by atoms with Gasteiger partial charge in [0.15, 0.2) is 6.29 Å². The number of hydrogen-bond acceptors (Lipinski definition) is 4. The fourth-order valence-corrected chi connectivity index (χ4v) is 1.53. The van der Waals surface area contributed by atoms with Gasteiger partial charge in [-0.1, -0.05) is 6.07 Å². The zero-order valence-corrected chi connectivity index (χ0v) is 10.4. The molecule has 0 aliphatic heterocycles. The van der Waals surface area contributed by atoms with Crippen LogP contribution in [0.4, 0.5) is 0 Å². The van der Waals surface area contributed by atoms with Gasteiger partial charge in [0, 0.05) is 33.0 Å². The smallest absolute Gasteiger partial charge is 0.169 e. The fourth-order valence-electron chi connectivity index (χ4n) is 1.53. The quantitative estimate of drug-likeness (QED) is 0.685. The molecule has 90 valence electrons. The zero-order valence-electron chi connectivity index (χ0n) is 10.4. The summed E-state index contributed by atoms with van der Waals surface area (Å²) in [5.74, 6) is 0. The summed E-state index contributed by atoms with van der Waals surface area (Å²) in [6.07, 6.45) is -0.185. The van der Waals surface area contributed by atoms with E-state index in [4.69, 9.17) is 9.47 Å². The minimum absolute atomic E-state index is 0.185. The van der Waals surface area contributed by atoms with Gasteiger partial charge < -0.3 is 9.47 Å². The monoisotopic (exact) mass is 224 g/mol. The van der Waals surface area contributed by atoms with E-state index in [1.54, 1.807) is 14.2 Å². The van der Waals surface area contributed by atoms with Crippen molar-refractivity contribution in [2.75, 3.05) is 27.8 Å². The van der Waals surface area contributed by atoms with Gasteiger partial charge in [-0.2, -0.15) is 0 Å². The second-order valence-corrected chi connectivity index (χ2v) is 3.87. The molecule has 0 saturated heterocycles. The van der Waals surface area contributed by atoms with E-state index in [1.165, 1.54) is 0 Å². The van der Waals surface area contributed by atoms with Gasteiger partial charge in [0.05, 0.1) is 5.69 Å². The maximum Gasteiger partial charge on any atom is 0.169 e. The molecule has 0 unspecified atom stereocenters. The molecule has 0 bridgehead atoms. The topological polar surface area (TPSA) is 34.6 Å². The van der Waals surface area contributed by atoms with Crippen LogP contribution in [0.1, 0.15) is 11.4 Å². The average Bonchev–Trinajstić information content (AvgIpc) is 2.26. The molecule has 0 atom stereocenters. The van der Waals surface area contributed by atoms with Gasteiger partial charge in [-0.3, -0.25) is 9.88 Å². The van der Waals surface area contributed by atoms with Crippen LogP contribution in [-0.2, 0) is 16.0 Å². The summed E-state index contributed by atoms with van der Waals surface area (Å²) >= 11 is 0. The second-order valence-electron chi connectivity index (χ2n) is 3.87. The van der Waals surface area contributed by atoms with Gasteiger partial charge in [-0.15, -0.1) is 0 Å². The average molecular weight is 224 g/mol. The maximum absolute atomic E-state index is 5.15. The minimum atomic E-state index is -0.185. The van der Waals surface area contributed by atoms with Crippen LogP contribution in [0.3, 0.4) is 0 Å². The van der Waals surface area contributed by atoms with Crippen LogP contribution in [0.5, 0.6) is 0 Å². The normalized spacial score (nSPS) is 11.4. The van der Waals surface area contributed by atoms with Crippen molar-refractivity contribution in [1.82, 2.24) is 9.88 Å². The van der Waals surface area contributed by atoms with Crippen LogP contribution in [-0.4, -0.2) is 44.0 Å². The Morgan fingerprint density at radius 2 is 2.00 bits per heavy atom. The summed E-state index contributed by atoms with van der Waals surface area (Å²) in [5.41, 5.74) is 2.11. The first kappa shape index (κ1) is 13.1. The molecule has 0 amide bonds. The summed E-state index contributed by atoms with van der Waals surface area (Å²) in [4.78, 5) is 6.57. The zero-order chi connectivity index (χ0) is 12.0. The Hall–Kier alpha value is -0.970. The van der Waals surface area contributed by atoms with Gasteiger partial charge >= 0.3 is 0 Å². The Labute approximate surface area is 97.2 Å². The molecule has 0 spiro atoms. The first-order valence-electron chi connectivity index (χ1n) is 5.32. The predicted molar refractivity (Wildman–Crippen MR) is 63.1 cm³/mol. The molecule has 1 rings (SSSR count). The molecule has 0 N–H and O–H groups in total. The molecule has 0 fully saturated rings. The number of pyridine rings is 1. The van der Waals surface area contributed by atoms with Crippen LogP contribution in [0, 0.1) is 6.92 Å². The van der Waals surface area contributed by atoms with E-state index in [0.717, 1.165) is 24.5 Å². The molecule has 1 aromatic heterocycles. The highest BCUT2D eigenvalue weighted by Gasteiger charge is 2.09. The standard InChI is InChI=1S/C12H20N2O2/c1-10-6-5-7-11(13-10)8-14(2)9-12(15-3)16-4/h5-7,12H,8-9H2,1-4H3. The molecular weight excluding hydrogens is 204 g/mol. The molecule has 4 heteroatoms. The predicted octanol–water partition coefficient (Wildman–Crippen LogP) is 1.44. The Morgan fingerprint density at radius 1 is 1.31 bits per heavy atom. The van der Waals surface area contributed by atoms with E-state index in [2.05, 4.69) is 9.88 Å². The lowest BCUT2D eigenvalue weighted by Gasteiger charge is -2.21. The number of aryl methyl sites for hydroxylation is 1. The SMILES string of the molecule is COC(CN(C)Cc1cccc(C)n1)OC. The highest BCUT2D eigenvalue weighted by atomic mass is 16.7. The number of rotatable bonds is 6. The number of ether oxygens (including phenoxy) is 2. The van der Waals surface area contributed by atoms with E-state index in [0.29, 0.717) is 0 Å². The third kappa shape index (κ3) is 4.26. The molecule has 4 nitrogen and oxygen atoms in total. The Bertz CT molecular complexity index is 314. The molecule has 0 aliphatic rings. The van der Waals surface area contributed by atoms with E-state index in [-0.39, 0.29) is 6.29 Å². The van der Waals surface area contributed by atoms with E-state index in [9.17, 15) is 0 Å². The summed E-state index contributed by atoms with van der Waals surface area (Å²) in [6, 6.07) is 6.05. The molecule has 0 aromatic carbocycles. The van der Waals surface area contributed by atoms with Gasteiger partial charge in [0.2, 0.25) is 0 Å². The molecular formula is C12H20N2O2. The summed E-state index contributed by atoms with van der Waals surface area (Å²) in [5, 5.41) is 0. The maximum atomic E-state index is 5.15. The lowest BCUT2D eigenvalue weighted by molar-refractivity contribution is -0.114. The molecule has 1 aromatic rings. The Morgan fingerprint density at radius 3 is 2.56 bits per heavy atom. The number of likely N-dealkylation sites (N-methyl/N-ethyl adjacent to an activating group) is 1. The van der Waals surface area contributed by atoms with Crippen molar-refractivity contribution in [3.05, 3.63) is 29.6 Å². The largest absolute Gasteiger partial charge is 0.355 e. The van der Waals surface area contributed by atoms with Crippen LogP contribution in [0.2, 0.25) is 0 Å². The number of nitrogens with zero attached hydrogens (tertiary/aromatic N) is 2. The van der Waals surface area contributed by atoms with Gasteiger partial charge in [0.25, 0.3) is 0 Å². The summed E-state index contributed by atoms with van der Waals surface area (Å²) in [7, 11) is 5.31. The van der Waals surface area contributed by atoms with Crippen LogP contribution < -0.4 is 0 Å². The molecule has 1 heterocycles. The van der Waals surface area contributed by atoms with Gasteiger partial charge in [-0.05, 0) is 26.1 Å². The highest BCUT2D eigenvalue weighted by Crippen LogP contribution is 2.03. The van der Waals surface area contributed by atoms with Crippen LogP contribution in [0.25, 0.3) is 0 Å². The van der Waals surface area contributed by atoms with Crippen molar-refractivity contribution in [2.45, 2.75) is 19.8 Å². The lowest BCUT2D eigenvalue weighted by Crippen LogP contribution is -2.31. The van der Waals surface area contributed by atoms with Crippen molar-refractivity contribution in [3.63, 3.8) is 0 Å². The van der Waals surface area contributed by atoms with Crippen molar-refractivity contribution < 1.29 is 9.47 Å². The van der Waals surface area contributed by atoms with E-state index < -0.39 is 0 Å². The van der Waals surface area contributed by atoms with Gasteiger partial charge in [-0.25, -0.2) is 0 Å². The van der Waals surface area contributed by atoms with Crippen LogP contribution >= 0.6 is 0 Å². The lowest BCUT2D eigenvalue weighted by atomic mass is 10.3. The Kier molecular flexibility index (Phi) is 5.38. The van der Waals surface area contributed by atoms with Crippen molar-refractivity contribution in [2.24, 2.45) is 0 Å². The highest BCUT2D eigenvalue weighted by molar-refractivity contribution is 5.09. The van der Waals surface area contributed by atoms with E-state index >= 15 is 0 Å². The van der Waals surface area contributed by atoms with Gasteiger partial charge in [0.1, 0.15) is 0 Å². The third-order valence-corrected chi connectivity index (χ3v) is 2.36. The number of hydrogen-bond donors (Lipinski definition) is 0. The molecule has 0 saturated carbocycles. The minimum Gasteiger partial charge on any atom is -0.355 e. The third-order valence-electron chi connectivity index (χ3n) is 2.36. The van der Waals surface area contributed by atoms with Crippen molar-refractivity contribution in [1.29, 1.82) is 0 Å². The number of aromatic nitrogens is 1. The Balaban J connectivity index is 2.47. The summed E-state index contributed by atoms with van der Waals surface area (Å²) < 4.78 is 10.3. The first-order chi connectivity index (χ1) is 7.65. The first-order valence-corrected chi connectivity index (χ1v) is 5.32. The molecule has 16 heavy (non-hydrogen) atoms. The molecule has 0 aliphatic carbocycles. The van der Waals surface area contributed by atoms with Crippen LogP contribution in [0.15, 0.2) is 18.2 Å². The number of methoxy groups -OCH3 is 2.